The Bertz CT molecular complexity index is 770. The number of rotatable bonds is 4. The SMILES string of the molecule is Cc1cc(N/N=C/c2cccnc2)nc(-c2ccccc2)n1. The highest BCUT2D eigenvalue weighted by Gasteiger charge is 2.03. The average Bonchev–Trinajstić information content (AvgIpc) is 2.56. The van der Waals surface area contributed by atoms with E-state index in [9.17, 15) is 0 Å². The minimum absolute atomic E-state index is 0.659. The molecule has 2 heterocycles. The van der Waals surface area contributed by atoms with Gasteiger partial charge >= 0.3 is 0 Å². The maximum absolute atomic E-state index is 4.48. The molecule has 3 aromatic rings. The molecule has 0 radical (unpaired) electrons. The van der Waals surface area contributed by atoms with Crippen molar-refractivity contribution in [3.63, 3.8) is 0 Å². The summed E-state index contributed by atoms with van der Waals surface area (Å²) in [5, 5.41) is 4.18. The lowest BCUT2D eigenvalue weighted by molar-refractivity contribution is 1.10. The van der Waals surface area contributed by atoms with Gasteiger partial charge < -0.3 is 0 Å². The molecule has 0 amide bonds. The quantitative estimate of drug-likeness (QED) is 0.591. The topological polar surface area (TPSA) is 63.1 Å². The van der Waals surface area contributed by atoms with Crippen LogP contribution in [-0.2, 0) is 0 Å². The molecule has 1 aromatic carbocycles. The molecule has 0 saturated carbocycles. The number of aryl methyl sites for hydroxylation is 1. The van der Waals surface area contributed by atoms with E-state index in [1.807, 2.05) is 55.5 Å². The zero-order chi connectivity index (χ0) is 15.2. The van der Waals surface area contributed by atoms with E-state index in [4.69, 9.17) is 0 Å². The number of pyridine rings is 1. The van der Waals surface area contributed by atoms with Crippen LogP contribution in [0.15, 0.2) is 66.0 Å². The summed E-state index contributed by atoms with van der Waals surface area (Å²) in [5.74, 6) is 1.34. The summed E-state index contributed by atoms with van der Waals surface area (Å²) in [5.41, 5.74) is 5.71. The van der Waals surface area contributed by atoms with Crippen LogP contribution in [0.5, 0.6) is 0 Å². The molecule has 3 rings (SSSR count). The molecule has 0 saturated heterocycles. The van der Waals surface area contributed by atoms with Crippen LogP contribution >= 0.6 is 0 Å². The van der Waals surface area contributed by atoms with Gasteiger partial charge in [0.05, 0.1) is 6.21 Å². The number of anilines is 1. The van der Waals surface area contributed by atoms with Gasteiger partial charge in [-0.3, -0.25) is 10.4 Å². The number of benzene rings is 1. The molecule has 22 heavy (non-hydrogen) atoms. The third-order valence-corrected chi connectivity index (χ3v) is 2.96. The third-order valence-electron chi connectivity index (χ3n) is 2.96. The number of hydrazone groups is 1. The Morgan fingerprint density at radius 2 is 1.91 bits per heavy atom. The standard InChI is InChI=1S/C17H15N5/c1-13-10-16(22-19-12-14-6-5-9-18-11-14)21-17(20-13)15-7-3-2-4-8-15/h2-12H,1H3,(H,20,21,22)/b19-12+. The average molecular weight is 289 g/mol. The van der Waals surface area contributed by atoms with Crippen molar-refractivity contribution in [2.24, 2.45) is 5.10 Å². The second-order valence-electron chi connectivity index (χ2n) is 4.74. The van der Waals surface area contributed by atoms with Gasteiger partial charge in [-0.2, -0.15) is 5.10 Å². The fourth-order valence-electron chi connectivity index (χ4n) is 1.97. The number of hydrogen-bond donors (Lipinski definition) is 1. The zero-order valence-corrected chi connectivity index (χ0v) is 12.1. The molecule has 0 unspecified atom stereocenters. The monoisotopic (exact) mass is 289 g/mol. The first-order valence-corrected chi connectivity index (χ1v) is 6.91. The van der Waals surface area contributed by atoms with Gasteiger partial charge in [0.25, 0.3) is 0 Å². The summed E-state index contributed by atoms with van der Waals surface area (Å²) in [6.07, 6.45) is 5.17. The first-order valence-electron chi connectivity index (χ1n) is 6.91. The Balaban J connectivity index is 1.80. The van der Waals surface area contributed by atoms with Crippen LogP contribution < -0.4 is 5.43 Å². The second kappa shape index (κ2) is 6.58. The largest absolute Gasteiger partial charge is 0.264 e. The van der Waals surface area contributed by atoms with E-state index >= 15 is 0 Å². The molecule has 2 aromatic heterocycles. The summed E-state index contributed by atoms with van der Waals surface area (Å²) in [6, 6.07) is 15.5. The van der Waals surface area contributed by atoms with E-state index in [0.29, 0.717) is 11.6 Å². The van der Waals surface area contributed by atoms with Gasteiger partial charge in [-0.25, -0.2) is 9.97 Å². The molecule has 5 nitrogen and oxygen atoms in total. The summed E-state index contributed by atoms with van der Waals surface area (Å²) < 4.78 is 0. The summed E-state index contributed by atoms with van der Waals surface area (Å²) in [7, 11) is 0. The summed E-state index contributed by atoms with van der Waals surface area (Å²) in [6.45, 7) is 1.93. The fourth-order valence-corrected chi connectivity index (χ4v) is 1.97. The van der Waals surface area contributed by atoms with E-state index in [0.717, 1.165) is 16.8 Å². The van der Waals surface area contributed by atoms with Crippen molar-refractivity contribution in [2.75, 3.05) is 5.43 Å². The maximum atomic E-state index is 4.48. The fraction of sp³-hybridized carbons (Fsp3) is 0.0588. The molecule has 1 N–H and O–H groups in total. The van der Waals surface area contributed by atoms with Gasteiger partial charge in [0.2, 0.25) is 0 Å². The Morgan fingerprint density at radius 3 is 2.68 bits per heavy atom. The molecule has 0 aliphatic carbocycles. The van der Waals surface area contributed by atoms with Crippen LogP contribution in [0.4, 0.5) is 5.82 Å². The van der Waals surface area contributed by atoms with E-state index in [2.05, 4.69) is 25.5 Å². The van der Waals surface area contributed by atoms with E-state index < -0.39 is 0 Å². The smallest absolute Gasteiger partial charge is 0.161 e. The normalized spacial score (nSPS) is 10.8. The highest BCUT2D eigenvalue weighted by Crippen LogP contribution is 2.17. The van der Waals surface area contributed by atoms with Crippen LogP contribution in [0.1, 0.15) is 11.3 Å². The van der Waals surface area contributed by atoms with Crippen LogP contribution in [-0.4, -0.2) is 21.2 Å². The van der Waals surface area contributed by atoms with Crippen molar-refractivity contribution in [3.8, 4) is 11.4 Å². The van der Waals surface area contributed by atoms with Gasteiger partial charge in [-0.1, -0.05) is 36.4 Å². The first-order chi connectivity index (χ1) is 10.8. The van der Waals surface area contributed by atoms with Crippen LogP contribution in [0.2, 0.25) is 0 Å². The van der Waals surface area contributed by atoms with Crippen molar-refractivity contribution < 1.29 is 0 Å². The minimum Gasteiger partial charge on any atom is -0.264 e. The number of aromatic nitrogens is 3. The van der Waals surface area contributed by atoms with E-state index in [-0.39, 0.29) is 0 Å². The van der Waals surface area contributed by atoms with Gasteiger partial charge in [0.15, 0.2) is 11.6 Å². The lowest BCUT2D eigenvalue weighted by Gasteiger charge is -2.05. The van der Waals surface area contributed by atoms with Gasteiger partial charge in [0.1, 0.15) is 0 Å². The molecule has 108 valence electrons. The van der Waals surface area contributed by atoms with Crippen LogP contribution in [0, 0.1) is 6.92 Å². The molecule has 0 atom stereocenters. The van der Waals surface area contributed by atoms with Crippen molar-refractivity contribution in [2.45, 2.75) is 6.92 Å². The molecular weight excluding hydrogens is 274 g/mol. The van der Waals surface area contributed by atoms with Gasteiger partial charge in [-0.15, -0.1) is 0 Å². The van der Waals surface area contributed by atoms with E-state index in [1.165, 1.54) is 0 Å². The molecule has 5 heteroatoms. The first kappa shape index (κ1) is 13.9. The second-order valence-corrected chi connectivity index (χ2v) is 4.74. The lowest BCUT2D eigenvalue weighted by Crippen LogP contribution is -1.99. The van der Waals surface area contributed by atoms with Crippen molar-refractivity contribution in [1.29, 1.82) is 0 Å². The van der Waals surface area contributed by atoms with Crippen LogP contribution in [0.25, 0.3) is 11.4 Å². The Morgan fingerprint density at radius 1 is 1.05 bits per heavy atom. The Labute approximate surface area is 128 Å². The van der Waals surface area contributed by atoms with Gasteiger partial charge in [-0.05, 0) is 13.0 Å². The molecule has 0 aliphatic heterocycles. The summed E-state index contributed by atoms with van der Waals surface area (Å²) >= 11 is 0. The Hall–Kier alpha value is -3.08. The van der Waals surface area contributed by atoms with Crippen molar-refractivity contribution in [3.05, 3.63) is 72.2 Å². The molecule has 0 bridgehead atoms. The van der Waals surface area contributed by atoms with Crippen molar-refractivity contribution >= 4 is 12.0 Å². The minimum atomic E-state index is 0.659. The van der Waals surface area contributed by atoms with Crippen molar-refractivity contribution in [1.82, 2.24) is 15.0 Å². The summed E-state index contributed by atoms with van der Waals surface area (Å²) in [4.78, 5) is 13.0. The van der Waals surface area contributed by atoms with E-state index in [1.54, 1.807) is 18.6 Å². The van der Waals surface area contributed by atoms with Crippen LogP contribution in [0.3, 0.4) is 0 Å². The van der Waals surface area contributed by atoms with Gasteiger partial charge in [0, 0.05) is 35.3 Å². The number of nitrogens with zero attached hydrogens (tertiary/aromatic N) is 4. The zero-order valence-electron chi connectivity index (χ0n) is 12.1. The molecule has 0 spiro atoms. The highest BCUT2D eigenvalue weighted by atomic mass is 15.3. The molecule has 0 aliphatic rings. The highest BCUT2D eigenvalue weighted by molar-refractivity contribution is 5.79. The third kappa shape index (κ3) is 3.52. The number of nitrogens with one attached hydrogen (secondary N) is 1. The predicted molar refractivity (Wildman–Crippen MR) is 87.7 cm³/mol. The molecular formula is C17H15N5. The predicted octanol–water partition coefficient (Wildman–Crippen LogP) is 3.29. The maximum Gasteiger partial charge on any atom is 0.161 e. The Kier molecular flexibility index (Phi) is 4.15. The molecule has 0 fully saturated rings. The number of hydrogen-bond acceptors (Lipinski definition) is 5. The lowest BCUT2D eigenvalue weighted by atomic mass is 10.2.